The maximum Gasteiger partial charge on any atom is 0.272 e. The highest BCUT2D eigenvalue weighted by molar-refractivity contribution is 6.10. The Morgan fingerprint density at radius 2 is 1.70 bits per heavy atom. The van der Waals surface area contributed by atoms with Crippen molar-refractivity contribution in [2.45, 2.75) is 13.8 Å². The van der Waals surface area contributed by atoms with Crippen molar-refractivity contribution < 1.29 is 14.0 Å². The van der Waals surface area contributed by atoms with Crippen LogP contribution in [0.2, 0.25) is 0 Å². The predicted molar refractivity (Wildman–Crippen MR) is 105 cm³/mol. The van der Waals surface area contributed by atoms with Crippen molar-refractivity contribution in [3.05, 3.63) is 95.1 Å². The molecule has 0 spiro atoms. The maximum absolute atomic E-state index is 12.8. The summed E-state index contributed by atoms with van der Waals surface area (Å²) in [6.45, 7) is 3.75. The van der Waals surface area contributed by atoms with Crippen LogP contribution in [-0.4, -0.2) is 11.8 Å². The Labute approximate surface area is 157 Å². The summed E-state index contributed by atoms with van der Waals surface area (Å²) in [6, 6.07) is 19.7. The van der Waals surface area contributed by atoms with Gasteiger partial charge in [-0.25, -0.2) is 0 Å². The van der Waals surface area contributed by atoms with Gasteiger partial charge in [0.15, 0.2) is 0 Å². The fraction of sp³-hybridized carbons (Fsp3) is 0.0909. The number of amides is 2. The first-order valence-electron chi connectivity index (χ1n) is 8.54. The third-order valence-electron chi connectivity index (χ3n) is 3.85. The van der Waals surface area contributed by atoms with Crippen molar-refractivity contribution in [2.75, 3.05) is 5.32 Å². The number of aryl methyl sites for hydroxylation is 2. The van der Waals surface area contributed by atoms with Gasteiger partial charge in [0.05, 0.1) is 0 Å². The summed E-state index contributed by atoms with van der Waals surface area (Å²) < 4.78 is 5.51. The second kappa shape index (κ2) is 8.19. The molecule has 2 aromatic carbocycles. The lowest BCUT2D eigenvalue weighted by Crippen LogP contribution is -2.30. The molecule has 27 heavy (non-hydrogen) atoms. The first kappa shape index (κ1) is 18.2. The van der Waals surface area contributed by atoms with Crippen LogP contribution >= 0.6 is 0 Å². The molecule has 2 N–H and O–H groups in total. The number of anilines is 1. The van der Waals surface area contributed by atoms with E-state index in [9.17, 15) is 9.59 Å². The number of furan rings is 1. The normalized spacial score (nSPS) is 11.1. The number of hydrogen-bond acceptors (Lipinski definition) is 3. The second-order valence-electron chi connectivity index (χ2n) is 6.15. The molecule has 0 bridgehead atoms. The van der Waals surface area contributed by atoms with Gasteiger partial charge in [-0.3, -0.25) is 9.59 Å². The maximum atomic E-state index is 12.8. The topological polar surface area (TPSA) is 71.3 Å². The van der Waals surface area contributed by atoms with Gasteiger partial charge in [0.2, 0.25) is 0 Å². The molecule has 0 aliphatic carbocycles. The van der Waals surface area contributed by atoms with Gasteiger partial charge in [-0.15, -0.1) is 0 Å². The molecule has 0 fully saturated rings. The van der Waals surface area contributed by atoms with E-state index in [1.54, 1.807) is 42.5 Å². The van der Waals surface area contributed by atoms with Gasteiger partial charge in [-0.2, -0.15) is 0 Å². The first-order chi connectivity index (χ1) is 13.0. The van der Waals surface area contributed by atoms with E-state index in [2.05, 4.69) is 10.6 Å². The van der Waals surface area contributed by atoms with Crippen LogP contribution in [0.4, 0.5) is 5.69 Å². The van der Waals surface area contributed by atoms with Crippen molar-refractivity contribution in [3.8, 4) is 0 Å². The van der Waals surface area contributed by atoms with E-state index in [-0.39, 0.29) is 11.6 Å². The molecule has 3 aromatic rings. The van der Waals surface area contributed by atoms with Gasteiger partial charge >= 0.3 is 0 Å². The molecular formula is C22H20N2O3. The van der Waals surface area contributed by atoms with Crippen molar-refractivity contribution in [1.29, 1.82) is 0 Å². The third kappa shape index (κ3) is 4.95. The monoisotopic (exact) mass is 360 g/mol. The van der Waals surface area contributed by atoms with Crippen LogP contribution in [0.5, 0.6) is 0 Å². The zero-order valence-electron chi connectivity index (χ0n) is 15.2. The van der Waals surface area contributed by atoms with Crippen molar-refractivity contribution >= 4 is 23.6 Å². The zero-order chi connectivity index (χ0) is 19.2. The predicted octanol–water partition coefficient (Wildman–Crippen LogP) is 4.31. The van der Waals surface area contributed by atoms with E-state index in [4.69, 9.17) is 4.42 Å². The van der Waals surface area contributed by atoms with Crippen LogP contribution in [0, 0.1) is 13.8 Å². The molecule has 136 valence electrons. The van der Waals surface area contributed by atoms with Gasteiger partial charge in [0, 0.05) is 17.3 Å². The molecule has 1 aromatic heterocycles. The average Bonchev–Trinajstić information content (AvgIpc) is 3.06. The van der Waals surface area contributed by atoms with Gasteiger partial charge in [0.1, 0.15) is 17.2 Å². The van der Waals surface area contributed by atoms with Gasteiger partial charge < -0.3 is 15.1 Å². The average molecular weight is 360 g/mol. The molecule has 0 aliphatic rings. The highest BCUT2D eigenvalue weighted by Crippen LogP contribution is 2.14. The van der Waals surface area contributed by atoms with Crippen LogP contribution in [0.1, 0.15) is 27.4 Å². The quantitative estimate of drug-likeness (QED) is 0.666. The molecular weight excluding hydrogens is 340 g/mol. The summed E-state index contributed by atoms with van der Waals surface area (Å²) >= 11 is 0. The minimum absolute atomic E-state index is 0.0970. The lowest BCUT2D eigenvalue weighted by Gasteiger charge is -2.11. The van der Waals surface area contributed by atoms with Gasteiger partial charge in [0.25, 0.3) is 11.8 Å². The molecule has 5 heteroatoms. The standard InChI is InChI=1S/C22H20N2O3/c1-15-7-6-10-18(13-15)23-22(26)20(14-19-12-11-16(2)27-19)24-21(25)17-8-4-3-5-9-17/h3-14H,1-2H3,(H,23,26)(H,24,25)/b20-14-. The van der Waals surface area contributed by atoms with Crippen LogP contribution < -0.4 is 10.6 Å². The second-order valence-corrected chi connectivity index (χ2v) is 6.15. The molecule has 0 radical (unpaired) electrons. The fourth-order valence-electron chi connectivity index (χ4n) is 2.54. The summed E-state index contributed by atoms with van der Waals surface area (Å²) in [7, 11) is 0. The Morgan fingerprint density at radius 1 is 0.926 bits per heavy atom. The molecule has 1 heterocycles. The Balaban J connectivity index is 1.86. The van der Waals surface area contributed by atoms with Crippen molar-refractivity contribution in [1.82, 2.24) is 5.32 Å². The molecule has 3 rings (SSSR count). The summed E-state index contributed by atoms with van der Waals surface area (Å²) in [6.07, 6.45) is 1.51. The summed E-state index contributed by atoms with van der Waals surface area (Å²) in [5.74, 6) is 0.396. The number of rotatable bonds is 5. The highest BCUT2D eigenvalue weighted by Gasteiger charge is 2.15. The molecule has 0 saturated carbocycles. The zero-order valence-corrected chi connectivity index (χ0v) is 15.2. The van der Waals surface area contributed by atoms with Crippen LogP contribution in [0.3, 0.4) is 0 Å². The van der Waals surface area contributed by atoms with Crippen LogP contribution in [0.15, 0.2) is 76.8 Å². The number of carbonyl (C=O) groups excluding carboxylic acids is 2. The Morgan fingerprint density at radius 3 is 2.37 bits per heavy atom. The highest BCUT2D eigenvalue weighted by atomic mass is 16.3. The van der Waals surface area contributed by atoms with Gasteiger partial charge in [-0.1, -0.05) is 30.3 Å². The summed E-state index contributed by atoms with van der Waals surface area (Å²) in [5.41, 5.74) is 2.23. The van der Waals surface area contributed by atoms with Crippen molar-refractivity contribution in [3.63, 3.8) is 0 Å². The SMILES string of the molecule is Cc1cccc(NC(=O)/C(=C/c2ccc(C)o2)NC(=O)c2ccccc2)c1. The third-order valence-corrected chi connectivity index (χ3v) is 3.85. The summed E-state index contributed by atoms with van der Waals surface area (Å²) in [5, 5.41) is 5.48. The fourth-order valence-corrected chi connectivity index (χ4v) is 2.54. The molecule has 2 amide bonds. The lowest BCUT2D eigenvalue weighted by atomic mass is 10.2. The van der Waals surface area contributed by atoms with E-state index >= 15 is 0 Å². The molecule has 0 saturated heterocycles. The number of benzene rings is 2. The van der Waals surface area contributed by atoms with E-state index in [0.717, 1.165) is 5.56 Å². The molecule has 0 atom stereocenters. The first-order valence-corrected chi connectivity index (χ1v) is 8.54. The Kier molecular flexibility index (Phi) is 5.52. The minimum Gasteiger partial charge on any atom is -0.462 e. The number of carbonyl (C=O) groups is 2. The molecule has 0 unspecified atom stereocenters. The smallest absolute Gasteiger partial charge is 0.272 e. The van der Waals surface area contributed by atoms with E-state index < -0.39 is 5.91 Å². The number of hydrogen-bond donors (Lipinski definition) is 2. The van der Waals surface area contributed by atoms with E-state index in [1.807, 2.05) is 38.1 Å². The molecule has 5 nitrogen and oxygen atoms in total. The van der Waals surface area contributed by atoms with Crippen LogP contribution in [0.25, 0.3) is 6.08 Å². The number of nitrogens with one attached hydrogen (secondary N) is 2. The van der Waals surface area contributed by atoms with Crippen LogP contribution in [-0.2, 0) is 4.79 Å². The lowest BCUT2D eigenvalue weighted by molar-refractivity contribution is -0.113. The molecule has 0 aliphatic heterocycles. The van der Waals surface area contributed by atoms with E-state index in [0.29, 0.717) is 22.8 Å². The van der Waals surface area contributed by atoms with Crippen molar-refractivity contribution in [2.24, 2.45) is 0 Å². The Bertz CT molecular complexity index is 988. The largest absolute Gasteiger partial charge is 0.462 e. The minimum atomic E-state index is -0.432. The van der Waals surface area contributed by atoms with E-state index in [1.165, 1.54) is 6.08 Å². The summed E-state index contributed by atoms with van der Waals surface area (Å²) in [4.78, 5) is 25.3. The Hall–Kier alpha value is -3.60. The van der Waals surface area contributed by atoms with Gasteiger partial charge in [-0.05, 0) is 55.8 Å².